The monoisotopic (exact) mass is 252 g/mol. The molecule has 17 heavy (non-hydrogen) atoms. The number of rotatable bonds is 6. The number of nitrogens with two attached hydrogens (primary N) is 1. The minimum absolute atomic E-state index is 0.00531. The molecule has 0 fully saturated rings. The van der Waals surface area contributed by atoms with Crippen LogP contribution in [0.3, 0.4) is 0 Å². The second-order valence-electron chi connectivity index (χ2n) is 5.25. The maximum atomic E-state index is 5.68. The second-order valence-corrected chi connectivity index (χ2v) is 6.90. The summed E-state index contributed by atoms with van der Waals surface area (Å²) < 4.78 is 0. The maximum absolute atomic E-state index is 5.68. The second kappa shape index (κ2) is 6.43. The van der Waals surface area contributed by atoms with Gasteiger partial charge in [0.05, 0.1) is 0 Å². The highest BCUT2D eigenvalue weighted by Crippen LogP contribution is 2.22. The van der Waals surface area contributed by atoms with E-state index in [1.54, 1.807) is 0 Å². The molecular formula is C14H24N2S. The van der Waals surface area contributed by atoms with E-state index in [0.717, 1.165) is 6.54 Å². The van der Waals surface area contributed by atoms with Gasteiger partial charge in [0.25, 0.3) is 0 Å². The first-order valence-corrected chi connectivity index (χ1v) is 7.01. The zero-order valence-electron chi connectivity index (χ0n) is 11.3. The Balaban J connectivity index is 2.51. The lowest BCUT2D eigenvalue weighted by Gasteiger charge is -2.24. The molecule has 0 saturated heterocycles. The van der Waals surface area contributed by atoms with E-state index in [1.807, 2.05) is 11.8 Å². The van der Waals surface area contributed by atoms with E-state index in [1.165, 1.54) is 10.5 Å². The Kier molecular flexibility index (Phi) is 5.50. The van der Waals surface area contributed by atoms with Gasteiger partial charge in [0.15, 0.2) is 0 Å². The molecule has 0 amide bonds. The van der Waals surface area contributed by atoms with E-state index < -0.39 is 0 Å². The average Bonchev–Trinajstić information content (AvgIpc) is 2.28. The lowest BCUT2D eigenvalue weighted by molar-refractivity contribution is 0.396. The molecule has 2 nitrogen and oxygen atoms in total. The predicted molar refractivity (Wildman–Crippen MR) is 77.4 cm³/mol. The Morgan fingerprint density at radius 2 is 1.82 bits per heavy atom. The van der Waals surface area contributed by atoms with Gasteiger partial charge in [0.1, 0.15) is 0 Å². The summed E-state index contributed by atoms with van der Waals surface area (Å²) in [5.74, 6) is 0. The molecule has 0 unspecified atom stereocenters. The normalized spacial score (nSPS) is 12.1. The van der Waals surface area contributed by atoms with Gasteiger partial charge in [-0.25, -0.2) is 0 Å². The van der Waals surface area contributed by atoms with Gasteiger partial charge in [-0.15, -0.1) is 11.8 Å². The Hall–Kier alpha value is -0.510. The van der Waals surface area contributed by atoms with Crippen molar-refractivity contribution in [2.24, 2.45) is 5.73 Å². The number of hydrogen-bond donors (Lipinski definition) is 2. The van der Waals surface area contributed by atoms with E-state index in [0.29, 0.717) is 11.8 Å². The Morgan fingerprint density at radius 1 is 1.24 bits per heavy atom. The van der Waals surface area contributed by atoms with Crippen LogP contribution in [0.2, 0.25) is 0 Å². The largest absolute Gasteiger partial charge is 0.329 e. The molecule has 1 aromatic rings. The van der Waals surface area contributed by atoms with Gasteiger partial charge in [-0.3, -0.25) is 0 Å². The van der Waals surface area contributed by atoms with Crippen LogP contribution in [0.4, 0.5) is 0 Å². The van der Waals surface area contributed by atoms with Crippen LogP contribution in [-0.2, 0) is 6.54 Å². The van der Waals surface area contributed by atoms with E-state index >= 15 is 0 Å². The smallest absolute Gasteiger partial charge is 0.0250 e. The molecule has 0 spiro atoms. The van der Waals surface area contributed by atoms with Gasteiger partial charge in [0, 0.05) is 28.8 Å². The minimum atomic E-state index is 0.00531. The average molecular weight is 252 g/mol. The van der Waals surface area contributed by atoms with Crippen molar-refractivity contribution in [2.45, 2.75) is 49.9 Å². The molecule has 0 saturated carbocycles. The third kappa shape index (κ3) is 5.57. The van der Waals surface area contributed by atoms with Crippen LogP contribution in [0.15, 0.2) is 29.2 Å². The molecule has 1 rings (SSSR count). The summed E-state index contributed by atoms with van der Waals surface area (Å²) in [6.07, 6.45) is 0. The highest BCUT2D eigenvalue weighted by Gasteiger charge is 2.13. The summed E-state index contributed by atoms with van der Waals surface area (Å²) in [5, 5.41) is 4.09. The van der Waals surface area contributed by atoms with E-state index in [4.69, 9.17) is 5.73 Å². The van der Waals surface area contributed by atoms with Crippen LogP contribution in [0.1, 0.15) is 33.3 Å². The van der Waals surface area contributed by atoms with Crippen molar-refractivity contribution in [1.82, 2.24) is 5.32 Å². The van der Waals surface area contributed by atoms with Crippen molar-refractivity contribution in [1.29, 1.82) is 0 Å². The molecule has 0 aliphatic rings. The standard InChI is InChI=1S/C14H24N2S/c1-11(2)17-13-7-5-12(6-8-13)9-16-14(3,4)10-15/h5-8,11,16H,9-10,15H2,1-4H3. The summed E-state index contributed by atoms with van der Waals surface area (Å²) in [6, 6.07) is 8.75. The molecule has 3 N–H and O–H groups in total. The van der Waals surface area contributed by atoms with Crippen LogP contribution in [0, 0.1) is 0 Å². The zero-order chi connectivity index (χ0) is 12.9. The first kappa shape index (κ1) is 14.6. The minimum Gasteiger partial charge on any atom is -0.329 e. The SMILES string of the molecule is CC(C)Sc1ccc(CNC(C)(C)CN)cc1. The number of hydrogen-bond acceptors (Lipinski definition) is 3. The van der Waals surface area contributed by atoms with Crippen LogP contribution >= 0.6 is 11.8 Å². The first-order chi connectivity index (χ1) is 7.93. The predicted octanol–water partition coefficient (Wildman–Crippen LogP) is 3.01. The maximum Gasteiger partial charge on any atom is 0.0250 e. The van der Waals surface area contributed by atoms with Crippen LogP contribution in [-0.4, -0.2) is 17.3 Å². The number of nitrogens with one attached hydrogen (secondary N) is 1. The van der Waals surface area contributed by atoms with Gasteiger partial charge >= 0.3 is 0 Å². The third-order valence-corrected chi connectivity index (χ3v) is 3.59. The fourth-order valence-corrected chi connectivity index (χ4v) is 2.21. The molecule has 0 heterocycles. The Labute approximate surface area is 109 Å². The summed E-state index contributed by atoms with van der Waals surface area (Å²) in [4.78, 5) is 1.34. The van der Waals surface area contributed by atoms with Crippen molar-refractivity contribution in [3.63, 3.8) is 0 Å². The van der Waals surface area contributed by atoms with Gasteiger partial charge < -0.3 is 11.1 Å². The molecule has 0 radical (unpaired) electrons. The molecule has 0 aromatic heterocycles. The number of thioether (sulfide) groups is 1. The highest BCUT2D eigenvalue weighted by atomic mass is 32.2. The summed E-state index contributed by atoms with van der Waals surface area (Å²) in [5.41, 5.74) is 6.99. The molecule has 96 valence electrons. The van der Waals surface area contributed by atoms with Gasteiger partial charge in [-0.1, -0.05) is 26.0 Å². The molecule has 1 aromatic carbocycles. The lowest BCUT2D eigenvalue weighted by Crippen LogP contribution is -2.45. The van der Waals surface area contributed by atoms with Crippen molar-refractivity contribution < 1.29 is 0 Å². The van der Waals surface area contributed by atoms with Crippen LogP contribution < -0.4 is 11.1 Å². The summed E-state index contributed by atoms with van der Waals surface area (Å²) in [6.45, 7) is 10.2. The van der Waals surface area contributed by atoms with Crippen molar-refractivity contribution in [3.05, 3.63) is 29.8 Å². The molecule has 0 bridgehead atoms. The fourth-order valence-electron chi connectivity index (χ4n) is 1.37. The topological polar surface area (TPSA) is 38.0 Å². The van der Waals surface area contributed by atoms with Gasteiger partial charge in [0.2, 0.25) is 0 Å². The quantitative estimate of drug-likeness (QED) is 0.764. The fraction of sp³-hybridized carbons (Fsp3) is 0.571. The Bertz CT molecular complexity index is 331. The summed E-state index contributed by atoms with van der Waals surface area (Å²) in [7, 11) is 0. The van der Waals surface area contributed by atoms with E-state index in [-0.39, 0.29) is 5.54 Å². The van der Waals surface area contributed by atoms with Gasteiger partial charge in [-0.05, 0) is 31.5 Å². The molecule has 0 atom stereocenters. The zero-order valence-corrected chi connectivity index (χ0v) is 12.1. The molecule has 0 aliphatic heterocycles. The highest BCUT2D eigenvalue weighted by molar-refractivity contribution is 7.99. The van der Waals surface area contributed by atoms with Crippen molar-refractivity contribution in [2.75, 3.05) is 6.54 Å². The molecule has 3 heteroatoms. The molecule has 0 aliphatic carbocycles. The Morgan fingerprint density at radius 3 is 2.29 bits per heavy atom. The third-order valence-electron chi connectivity index (χ3n) is 2.58. The van der Waals surface area contributed by atoms with Crippen molar-refractivity contribution >= 4 is 11.8 Å². The van der Waals surface area contributed by atoms with E-state index in [2.05, 4.69) is 57.3 Å². The molecular weight excluding hydrogens is 228 g/mol. The van der Waals surface area contributed by atoms with Crippen LogP contribution in [0.5, 0.6) is 0 Å². The van der Waals surface area contributed by atoms with Crippen molar-refractivity contribution in [3.8, 4) is 0 Å². The lowest BCUT2D eigenvalue weighted by atomic mass is 10.1. The summed E-state index contributed by atoms with van der Waals surface area (Å²) >= 11 is 1.89. The first-order valence-electron chi connectivity index (χ1n) is 6.13. The van der Waals surface area contributed by atoms with E-state index in [9.17, 15) is 0 Å². The van der Waals surface area contributed by atoms with Crippen LogP contribution in [0.25, 0.3) is 0 Å². The van der Waals surface area contributed by atoms with Gasteiger partial charge in [-0.2, -0.15) is 0 Å². The number of benzene rings is 1.